The summed E-state index contributed by atoms with van der Waals surface area (Å²) in [6.45, 7) is 5.59. The molecule has 19 heavy (non-hydrogen) atoms. The Labute approximate surface area is 120 Å². The molecule has 1 aliphatic heterocycles. The standard InChI is InChI=1S/C12H19BrN4O2/c1-9-8-16(5-6-18)3-4-17(9)10-7-14-15(2)12(19)11(10)13/h7,9,18H,3-6,8H2,1-2H3. The van der Waals surface area contributed by atoms with Crippen molar-refractivity contribution in [2.45, 2.75) is 13.0 Å². The zero-order chi connectivity index (χ0) is 14.0. The first kappa shape index (κ1) is 14.5. The van der Waals surface area contributed by atoms with Crippen LogP contribution in [0.5, 0.6) is 0 Å². The van der Waals surface area contributed by atoms with E-state index in [1.54, 1.807) is 13.2 Å². The number of aliphatic hydroxyl groups is 1. The predicted octanol–water partition coefficient (Wildman–Crippen LogP) is 0.0456. The van der Waals surface area contributed by atoms with Crippen LogP contribution in [-0.2, 0) is 7.05 Å². The highest BCUT2D eigenvalue weighted by molar-refractivity contribution is 9.10. The number of β-amino-alcohol motifs (C(OH)–C–C–N with tert-alkyl or cyclic N) is 1. The van der Waals surface area contributed by atoms with Gasteiger partial charge in [-0.05, 0) is 22.9 Å². The number of nitrogens with zero attached hydrogens (tertiary/aromatic N) is 4. The Morgan fingerprint density at radius 1 is 1.53 bits per heavy atom. The molecule has 0 amide bonds. The maximum Gasteiger partial charge on any atom is 0.282 e. The molecule has 0 aromatic carbocycles. The monoisotopic (exact) mass is 330 g/mol. The van der Waals surface area contributed by atoms with Crippen LogP contribution >= 0.6 is 15.9 Å². The summed E-state index contributed by atoms with van der Waals surface area (Å²) in [5.41, 5.74) is 0.724. The lowest BCUT2D eigenvalue weighted by atomic mass is 10.1. The zero-order valence-electron chi connectivity index (χ0n) is 11.2. The second kappa shape index (κ2) is 6.02. The first-order valence-electron chi connectivity index (χ1n) is 6.36. The topological polar surface area (TPSA) is 61.6 Å². The summed E-state index contributed by atoms with van der Waals surface area (Å²) in [6.07, 6.45) is 1.73. The average molecular weight is 331 g/mol. The summed E-state index contributed by atoms with van der Waals surface area (Å²) in [5, 5.41) is 13.1. The molecule has 0 aliphatic carbocycles. The van der Waals surface area contributed by atoms with E-state index in [4.69, 9.17) is 5.11 Å². The van der Waals surface area contributed by atoms with Crippen molar-refractivity contribution in [2.75, 3.05) is 37.7 Å². The van der Waals surface area contributed by atoms with Crippen LogP contribution in [0.3, 0.4) is 0 Å². The summed E-state index contributed by atoms with van der Waals surface area (Å²) in [7, 11) is 1.64. The normalized spacial score (nSPS) is 20.8. The van der Waals surface area contributed by atoms with Crippen molar-refractivity contribution in [3.8, 4) is 0 Å². The van der Waals surface area contributed by atoms with Crippen molar-refractivity contribution in [3.63, 3.8) is 0 Å². The lowest BCUT2D eigenvalue weighted by molar-refractivity contribution is 0.174. The van der Waals surface area contributed by atoms with Gasteiger partial charge in [0, 0.05) is 39.3 Å². The molecule has 1 aliphatic rings. The fourth-order valence-electron chi connectivity index (χ4n) is 2.44. The summed E-state index contributed by atoms with van der Waals surface area (Å²) in [5.74, 6) is 0. The minimum atomic E-state index is -0.123. The molecule has 0 saturated carbocycles. The molecule has 1 aromatic rings. The van der Waals surface area contributed by atoms with Crippen LogP contribution < -0.4 is 10.5 Å². The van der Waals surface area contributed by atoms with Crippen LogP contribution in [0.15, 0.2) is 15.5 Å². The molecular weight excluding hydrogens is 312 g/mol. The third kappa shape index (κ3) is 2.98. The molecule has 1 fully saturated rings. The number of rotatable bonds is 3. The number of halogens is 1. The van der Waals surface area contributed by atoms with Crippen LogP contribution in [0, 0.1) is 0 Å². The van der Waals surface area contributed by atoms with Crippen molar-refractivity contribution >= 4 is 21.6 Å². The van der Waals surface area contributed by atoms with Crippen molar-refractivity contribution in [1.29, 1.82) is 0 Å². The Hall–Kier alpha value is -0.920. The Bertz CT molecular complexity index is 505. The van der Waals surface area contributed by atoms with Gasteiger partial charge in [0.05, 0.1) is 18.5 Å². The number of anilines is 1. The van der Waals surface area contributed by atoms with Gasteiger partial charge in [-0.2, -0.15) is 5.10 Å². The first-order valence-corrected chi connectivity index (χ1v) is 7.15. The van der Waals surface area contributed by atoms with E-state index in [9.17, 15) is 4.79 Å². The van der Waals surface area contributed by atoms with E-state index in [-0.39, 0.29) is 18.2 Å². The average Bonchev–Trinajstić information content (AvgIpc) is 2.38. The number of piperazine rings is 1. The van der Waals surface area contributed by atoms with Gasteiger partial charge < -0.3 is 10.0 Å². The van der Waals surface area contributed by atoms with Crippen LogP contribution in [0.4, 0.5) is 5.69 Å². The second-order valence-corrected chi connectivity index (χ2v) is 5.63. The molecule has 1 N–H and O–H groups in total. The van der Waals surface area contributed by atoms with E-state index in [1.165, 1.54) is 4.68 Å². The quantitative estimate of drug-likeness (QED) is 0.848. The minimum Gasteiger partial charge on any atom is -0.395 e. The van der Waals surface area contributed by atoms with E-state index in [2.05, 4.69) is 37.8 Å². The first-order chi connectivity index (χ1) is 9.04. The molecule has 106 valence electrons. The smallest absolute Gasteiger partial charge is 0.282 e. The maximum atomic E-state index is 11.9. The van der Waals surface area contributed by atoms with Crippen LogP contribution in [0.1, 0.15) is 6.92 Å². The van der Waals surface area contributed by atoms with Gasteiger partial charge in [0.15, 0.2) is 0 Å². The van der Waals surface area contributed by atoms with Crippen LogP contribution in [-0.4, -0.2) is 58.6 Å². The minimum absolute atomic E-state index is 0.123. The Balaban J connectivity index is 2.20. The van der Waals surface area contributed by atoms with Gasteiger partial charge in [-0.25, -0.2) is 4.68 Å². The molecule has 0 spiro atoms. The molecule has 2 heterocycles. The van der Waals surface area contributed by atoms with Gasteiger partial charge in [0.2, 0.25) is 0 Å². The Morgan fingerprint density at radius 2 is 2.26 bits per heavy atom. The highest BCUT2D eigenvalue weighted by Gasteiger charge is 2.25. The second-order valence-electron chi connectivity index (χ2n) is 4.84. The molecule has 0 bridgehead atoms. The Kier molecular flexibility index (Phi) is 4.59. The Morgan fingerprint density at radius 3 is 2.89 bits per heavy atom. The predicted molar refractivity (Wildman–Crippen MR) is 77.5 cm³/mol. The van der Waals surface area contributed by atoms with Crippen molar-refractivity contribution < 1.29 is 5.11 Å². The molecule has 1 saturated heterocycles. The summed E-state index contributed by atoms with van der Waals surface area (Å²) in [6, 6.07) is 0.283. The van der Waals surface area contributed by atoms with E-state index in [0.29, 0.717) is 11.0 Å². The summed E-state index contributed by atoms with van der Waals surface area (Å²) in [4.78, 5) is 16.3. The summed E-state index contributed by atoms with van der Waals surface area (Å²) >= 11 is 3.37. The highest BCUT2D eigenvalue weighted by Crippen LogP contribution is 2.25. The van der Waals surface area contributed by atoms with Gasteiger partial charge in [-0.1, -0.05) is 0 Å². The fraction of sp³-hybridized carbons (Fsp3) is 0.667. The molecule has 0 radical (unpaired) electrons. The number of hydrogen-bond donors (Lipinski definition) is 1. The van der Waals surface area contributed by atoms with Gasteiger partial charge in [-0.3, -0.25) is 9.69 Å². The number of aromatic nitrogens is 2. The van der Waals surface area contributed by atoms with Gasteiger partial charge in [-0.15, -0.1) is 0 Å². The zero-order valence-corrected chi connectivity index (χ0v) is 12.8. The molecule has 1 atom stereocenters. The van der Waals surface area contributed by atoms with E-state index < -0.39 is 0 Å². The lowest BCUT2D eigenvalue weighted by Gasteiger charge is -2.41. The summed E-state index contributed by atoms with van der Waals surface area (Å²) < 4.78 is 1.88. The number of hydrogen-bond acceptors (Lipinski definition) is 5. The molecular formula is C12H19BrN4O2. The molecule has 1 unspecified atom stereocenters. The third-order valence-corrected chi connectivity index (χ3v) is 4.24. The molecule has 2 rings (SSSR count). The van der Waals surface area contributed by atoms with Gasteiger partial charge >= 0.3 is 0 Å². The van der Waals surface area contributed by atoms with Crippen molar-refractivity contribution in [3.05, 3.63) is 21.0 Å². The van der Waals surface area contributed by atoms with E-state index in [1.807, 2.05) is 0 Å². The fourth-order valence-corrected chi connectivity index (χ4v) is 3.02. The molecule has 6 nitrogen and oxygen atoms in total. The molecule has 1 aromatic heterocycles. The van der Waals surface area contributed by atoms with Crippen LogP contribution in [0.2, 0.25) is 0 Å². The van der Waals surface area contributed by atoms with Gasteiger partial charge in [0.1, 0.15) is 4.47 Å². The number of aliphatic hydroxyl groups excluding tert-OH is 1. The maximum absolute atomic E-state index is 11.9. The molecule has 7 heteroatoms. The van der Waals surface area contributed by atoms with Crippen molar-refractivity contribution in [1.82, 2.24) is 14.7 Å². The third-order valence-electron chi connectivity index (χ3n) is 3.50. The highest BCUT2D eigenvalue weighted by atomic mass is 79.9. The van der Waals surface area contributed by atoms with Crippen molar-refractivity contribution in [2.24, 2.45) is 7.05 Å². The largest absolute Gasteiger partial charge is 0.395 e. The number of aryl methyl sites for hydroxylation is 1. The van der Waals surface area contributed by atoms with E-state index in [0.717, 1.165) is 25.3 Å². The van der Waals surface area contributed by atoms with E-state index >= 15 is 0 Å². The van der Waals surface area contributed by atoms with Crippen LogP contribution in [0.25, 0.3) is 0 Å². The lowest BCUT2D eigenvalue weighted by Crippen LogP contribution is -2.53. The SMILES string of the molecule is CC1CN(CCO)CCN1c1cnn(C)c(=O)c1Br. The van der Waals surface area contributed by atoms with Gasteiger partial charge in [0.25, 0.3) is 5.56 Å².